The SMILES string of the molecule is COC(=O)NC(C(=O)N1CCCC1c1ncc(-c2ccc(-c3sc(-c4cnc[nH]4)c4c3CCCC4)cc2)[nH]1)C(C)C. The molecule has 214 valence electrons. The molecule has 1 aromatic carbocycles. The van der Waals surface area contributed by atoms with E-state index in [-0.39, 0.29) is 17.9 Å². The lowest BCUT2D eigenvalue weighted by atomic mass is 9.90. The van der Waals surface area contributed by atoms with Gasteiger partial charge in [0.1, 0.15) is 11.9 Å². The van der Waals surface area contributed by atoms with Crippen LogP contribution in [0.25, 0.3) is 32.3 Å². The van der Waals surface area contributed by atoms with Gasteiger partial charge in [0, 0.05) is 11.4 Å². The molecule has 1 aliphatic heterocycles. The molecular weight excluding hydrogens is 536 g/mol. The Kier molecular flexibility index (Phi) is 7.66. The number of likely N-dealkylation sites (tertiary alicyclic amines) is 1. The monoisotopic (exact) mass is 572 g/mol. The summed E-state index contributed by atoms with van der Waals surface area (Å²) in [6.07, 6.45) is 11.3. The van der Waals surface area contributed by atoms with Gasteiger partial charge in [0.2, 0.25) is 5.91 Å². The van der Waals surface area contributed by atoms with Gasteiger partial charge in [-0.25, -0.2) is 14.8 Å². The zero-order valence-corrected chi connectivity index (χ0v) is 24.5. The van der Waals surface area contributed by atoms with Crippen LogP contribution < -0.4 is 5.32 Å². The molecule has 1 aliphatic carbocycles. The summed E-state index contributed by atoms with van der Waals surface area (Å²) in [6.45, 7) is 4.47. The first-order valence-electron chi connectivity index (χ1n) is 14.4. The lowest BCUT2D eigenvalue weighted by molar-refractivity contribution is -0.135. The quantitative estimate of drug-likeness (QED) is 0.247. The Balaban J connectivity index is 1.22. The Morgan fingerprint density at radius 3 is 2.44 bits per heavy atom. The minimum Gasteiger partial charge on any atom is -0.453 e. The van der Waals surface area contributed by atoms with Gasteiger partial charge < -0.3 is 24.9 Å². The molecular formula is C31H36N6O3S. The Morgan fingerprint density at radius 2 is 1.76 bits per heavy atom. The normalized spacial score (nSPS) is 17.5. The van der Waals surface area contributed by atoms with E-state index in [9.17, 15) is 9.59 Å². The summed E-state index contributed by atoms with van der Waals surface area (Å²) in [5.41, 5.74) is 7.25. The van der Waals surface area contributed by atoms with Crippen LogP contribution in [-0.2, 0) is 22.4 Å². The molecule has 2 amide bonds. The highest BCUT2D eigenvalue weighted by molar-refractivity contribution is 7.19. The van der Waals surface area contributed by atoms with E-state index in [2.05, 4.69) is 49.5 Å². The second-order valence-corrected chi connectivity index (χ2v) is 12.2. The number of aromatic nitrogens is 4. The number of fused-ring (bicyclic) bond motifs is 1. The molecule has 6 rings (SSSR count). The van der Waals surface area contributed by atoms with Crippen molar-refractivity contribution < 1.29 is 14.3 Å². The number of carbonyl (C=O) groups is 2. The highest BCUT2D eigenvalue weighted by Crippen LogP contribution is 2.45. The van der Waals surface area contributed by atoms with Crippen molar-refractivity contribution in [2.45, 2.75) is 64.5 Å². The van der Waals surface area contributed by atoms with E-state index < -0.39 is 12.1 Å². The number of H-pyrrole nitrogens is 2. The van der Waals surface area contributed by atoms with Crippen LogP contribution in [0.3, 0.4) is 0 Å². The van der Waals surface area contributed by atoms with E-state index in [1.165, 1.54) is 46.4 Å². The molecule has 1 saturated heterocycles. The number of hydrogen-bond acceptors (Lipinski definition) is 6. The second-order valence-electron chi connectivity index (χ2n) is 11.2. The van der Waals surface area contributed by atoms with Crippen molar-refractivity contribution in [1.29, 1.82) is 0 Å². The number of methoxy groups -OCH3 is 1. The molecule has 9 nitrogen and oxygen atoms in total. The van der Waals surface area contributed by atoms with Crippen LogP contribution in [0, 0.1) is 5.92 Å². The number of ether oxygens (including phenoxy) is 1. The molecule has 3 N–H and O–H groups in total. The summed E-state index contributed by atoms with van der Waals surface area (Å²) in [4.78, 5) is 45.5. The van der Waals surface area contributed by atoms with E-state index in [1.807, 2.05) is 42.5 Å². The number of imidazole rings is 2. The first-order valence-corrected chi connectivity index (χ1v) is 15.2. The maximum atomic E-state index is 13.5. The predicted octanol–water partition coefficient (Wildman–Crippen LogP) is 6.12. The van der Waals surface area contributed by atoms with E-state index in [1.54, 1.807) is 6.33 Å². The maximum absolute atomic E-state index is 13.5. The van der Waals surface area contributed by atoms with E-state index in [0.717, 1.165) is 48.5 Å². The summed E-state index contributed by atoms with van der Waals surface area (Å²) in [7, 11) is 1.30. The van der Waals surface area contributed by atoms with Gasteiger partial charge in [0.05, 0.1) is 48.1 Å². The fraction of sp³-hybridized carbons (Fsp3) is 0.419. The molecule has 2 unspecified atom stereocenters. The van der Waals surface area contributed by atoms with Gasteiger partial charge in [-0.2, -0.15) is 0 Å². The van der Waals surface area contributed by atoms with Gasteiger partial charge >= 0.3 is 6.09 Å². The Hall–Kier alpha value is -3.92. The summed E-state index contributed by atoms with van der Waals surface area (Å²) in [5, 5.41) is 2.71. The Bertz CT molecular complexity index is 1520. The summed E-state index contributed by atoms with van der Waals surface area (Å²) in [6, 6.07) is 7.87. The molecule has 1 fully saturated rings. The third-order valence-corrected chi connectivity index (χ3v) is 9.62. The summed E-state index contributed by atoms with van der Waals surface area (Å²) >= 11 is 1.86. The van der Waals surface area contributed by atoms with Gasteiger partial charge in [0.25, 0.3) is 0 Å². The van der Waals surface area contributed by atoms with Crippen LogP contribution in [0.5, 0.6) is 0 Å². The largest absolute Gasteiger partial charge is 0.453 e. The highest BCUT2D eigenvalue weighted by Gasteiger charge is 2.37. The number of benzene rings is 1. The third-order valence-electron chi connectivity index (χ3n) is 8.26. The number of aromatic amines is 2. The van der Waals surface area contributed by atoms with Crippen molar-refractivity contribution in [3.05, 3.63) is 59.9 Å². The number of rotatable bonds is 7. The number of hydrogen-bond donors (Lipinski definition) is 3. The van der Waals surface area contributed by atoms with Gasteiger partial charge in [-0.15, -0.1) is 11.3 Å². The second kappa shape index (κ2) is 11.5. The molecule has 3 aromatic heterocycles. The summed E-state index contributed by atoms with van der Waals surface area (Å²) < 4.78 is 4.75. The molecule has 2 aliphatic rings. The summed E-state index contributed by atoms with van der Waals surface area (Å²) in [5.74, 6) is 0.592. The lowest BCUT2D eigenvalue weighted by Gasteiger charge is -2.30. The van der Waals surface area contributed by atoms with Crippen LogP contribution in [0.15, 0.2) is 43.0 Å². The van der Waals surface area contributed by atoms with Crippen molar-refractivity contribution in [3.8, 4) is 32.3 Å². The van der Waals surface area contributed by atoms with Gasteiger partial charge in [-0.1, -0.05) is 38.1 Å². The molecule has 0 spiro atoms. The number of nitrogens with zero attached hydrogens (tertiary/aromatic N) is 3. The van der Waals surface area contributed by atoms with Crippen molar-refractivity contribution in [3.63, 3.8) is 0 Å². The van der Waals surface area contributed by atoms with Crippen molar-refractivity contribution >= 4 is 23.3 Å². The maximum Gasteiger partial charge on any atom is 0.407 e. The molecule has 4 heterocycles. The first-order chi connectivity index (χ1) is 19.9. The molecule has 0 bridgehead atoms. The number of thiophene rings is 1. The average Bonchev–Trinajstić information content (AvgIpc) is 3.81. The molecule has 0 radical (unpaired) electrons. The van der Waals surface area contributed by atoms with Crippen LogP contribution in [-0.4, -0.2) is 56.5 Å². The van der Waals surface area contributed by atoms with Gasteiger partial charge in [0.15, 0.2) is 0 Å². The van der Waals surface area contributed by atoms with Crippen LogP contribution in [0.4, 0.5) is 4.79 Å². The molecule has 2 atom stereocenters. The van der Waals surface area contributed by atoms with Crippen molar-refractivity contribution in [1.82, 2.24) is 30.2 Å². The zero-order valence-electron chi connectivity index (χ0n) is 23.7. The Labute approximate surface area is 243 Å². The number of alkyl carbamates (subject to hydrolysis) is 1. The van der Waals surface area contributed by atoms with Crippen LogP contribution >= 0.6 is 11.3 Å². The fourth-order valence-corrected chi connectivity index (χ4v) is 7.49. The minimum absolute atomic E-state index is 0.0713. The van der Waals surface area contributed by atoms with Crippen LogP contribution in [0.2, 0.25) is 0 Å². The Morgan fingerprint density at radius 1 is 1.02 bits per heavy atom. The molecule has 41 heavy (non-hydrogen) atoms. The van der Waals surface area contributed by atoms with E-state index in [4.69, 9.17) is 4.74 Å². The number of amides is 2. The molecule has 0 saturated carbocycles. The van der Waals surface area contributed by atoms with Gasteiger partial charge in [-0.3, -0.25) is 4.79 Å². The fourth-order valence-electron chi connectivity index (χ4n) is 6.11. The number of nitrogens with one attached hydrogen (secondary N) is 3. The highest BCUT2D eigenvalue weighted by atomic mass is 32.1. The number of carbonyl (C=O) groups excluding carboxylic acids is 2. The van der Waals surface area contributed by atoms with Gasteiger partial charge in [-0.05, 0) is 66.7 Å². The van der Waals surface area contributed by atoms with E-state index in [0.29, 0.717) is 6.54 Å². The van der Waals surface area contributed by atoms with Crippen LogP contribution in [0.1, 0.15) is 62.5 Å². The molecule has 4 aromatic rings. The topological polar surface area (TPSA) is 116 Å². The average molecular weight is 573 g/mol. The lowest BCUT2D eigenvalue weighted by Crippen LogP contribution is -2.51. The minimum atomic E-state index is -0.651. The third kappa shape index (κ3) is 5.28. The van der Waals surface area contributed by atoms with E-state index >= 15 is 0 Å². The van der Waals surface area contributed by atoms with Crippen molar-refractivity contribution in [2.24, 2.45) is 5.92 Å². The predicted molar refractivity (Wildman–Crippen MR) is 159 cm³/mol. The standard InChI is InChI=1S/C31H36N6O3S/c1-18(2)26(36-31(39)40-3)30(38)37-14-6-9-25(37)29-33-16-23(35-29)19-10-12-20(13-11-19)27-21-7-4-5-8-22(21)28(41-27)24-15-32-17-34-24/h10-13,15-18,25-26H,4-9,14H2,1-3H3,(H,32,34)(H,33,35)(H,36,39). The van der Waals surface area contributed by atoms with Crippen molar-refractivity contribution in [2.75, 3.05) is 13.7 Å². The first kappa shape index (κ1) is 27.3. The molecule has 10 heteroatoms. The smallest absolute Gasteiger partial charge is 0.407 e. The zero-order chi connectivity index (χ0) is 28.5.